The van der Waals surface area contributed by atoms with Crippen LogP contribution in [0.25, 0.3) is 0 Å². The lowest BCUT2D eigenvalue weighted by molar-refractivity contribution is 0.0945. The predicted octanol–water partition coefficient (Wildman–Crippen LogP) is 2.15. The van der Waals surface area contributed by atoms with Crippen molar-refractivity contribution >= 4 is 29.1 Å². The van der Waals surface area contributed by atoms with E-state index in [1.807, 2.05) is 0 Å². The monoisotopic (exact) mass is 457 g/mol. The highest BCUT2D eigenvalue weighted by molar-refractivity contribution is 6.30. The molecule has 1 amide bonds. The number of benzene rings is 2. The Morgan fingerprint density at radius 1 is 1.09 bits per heavy atom. The first-order chi connectivity index (χ1) is 15.3. The first-order valence-corrected chi connectivity index (χ1v) is 10.4. The van der Waals surface area contributed by atoms with Crippen molar-refractivity contribution in [3.63, 3.8) is 0 Å². The Morgan fingerprint density at radius 2 is 1.75 bits per heavy atom. The van der Waals surface area contributed by atoms with Crippen LogP contribution in [0.4, 0.5) is 11.6 Å². The van der Waals surface area contributed by atoms with Crippen molar-refractivity contribution < 1.29 is 9.90 Å². The summed E-state index contributed by atoms with van der Waals surface area (Å²) in [6.45, 7) is 3.67. The molecule has 0 radical (unpaired) electrons. The van der Waals surface area contributed by atoms with Crippen LogP contribution >= 0.6 is 11.6 Å². The van der Waals surface area contributed by atoms with E-state index in [9.17, 15) is 14.4 Å². The third-order valence-electron chi connectivity index (χ3n) is 4.67. The molecule has 10 heteroatoms. The maximum Gasteiger partial charge on any atom is 0.355 e. The van der Waals surface area contributed by atoms with Crippen molar-refractivity contribution in [3.8, 4) is 0 Å². The molecule has 1 heterocycles. The normalized spacial score (nSPS) is 10.9. The molecular formula is C22H24ClN5O4. The molecule has 2 aromatic carbocycles. The van der Waals surface area contributed by atoms with Crippen LogP contribution in [0, 0.1) is 0 Å². The van der Waals surface area contributed by atoms with Gasteiger partial charge in [-0.1, -0.05) is 23.7 Å². The second-order valence-corrected chi connectivity index (χ2v) is 7.80. The van der Waals surface area contributed by atoms with Crippen LogP contribution in [0.15, 0.2) is 58.1 Å². The van der Waals surface area contributed by atoms with Gasteiger partial charge in [-0.25, -0.2) is 14.2 Å². The summed E-state index contributed by atoms with van der Waals surface area (Å²) in [6, 6.07) is 13.1. The number of nitrogens with zero attached hydrogens (tertiary/aromatic N) is 3. The second kappa shape index (κ2) is 10.3. The van der Waals surface area contributed by atoms with Crippen LogP contribution in [0.5, 0.6) is 0 Å². The maximum atomic E-state index is 13.1. The van der Waals surface area contributed by atoms with Crippen molar-refractivity contribution in [1.29, 1.82) is 0 Å². The average Bonchev–Trinajstić information content (AvgIpc) is 2.76. The highest BCUT2D eigenvalue weighted by Crippen LogP contribution is 2.16. The lowest BCUT2D eigenvalue weighted by Gasteiger charge is -2.17. The largest absolute Gasteiger partial charge is 0.395 e. The van der Waals surface area contributed by atoms with Crippen molar-refractivity contribution in [3.05, 3.63) is 85.6 Å². The van der Waals surface area contributed by atoms with E-state index in [-0.39, 0.29) is 37.6 Å². The molecule has 0 atom stereocenters. The van der Waals surface area contributed by atoms with E-state index in [2.05, 4.69) is 15.6 Å². The van der Waals surface area contributed by atoms with Gasteiger partial charge in [-0.15, -0.1) is 0 Å². The number of anilines is 2. The molecule has 3 aromatic rings. The predicted molar refractivity (Wildman–Crippen MR) is 123 cm³/mol. The zero-order valence-electron chi connectivity index (χ0n) is 17.7. The lowest BCUT2D eigenvalue weighted by Crippen LogP contribution is -2.43. The summed E-state index contributed by atoms with van der Waals surface area (Å²) < 4.78 is 2.47. The molecule has 0 saturated carbocycles. The zero-order chi connectivity index (χ0) is 23.3. The Bertz CT molecular complexity index is 1200. The molecule has 168 valence electrons. The van der Waals surface area contributed by atoms with Crippen molar-refractivity contribution in [1.82, 2.24) is 19.4 Å². The fraction of sp³-hybridized carbons (Fsp3) is 0.273. The number of nitrogens with one attached hydrogen (secondary N) is 2. The van der Waals surface area contributed by atoms with Crippen molar-refractivity contribution in [2.45, 2.75) is 26.4 Å². The average molecular weight is 458 g/mol. The Labute approximate surface area is 189 Å². The molecule has 0 unspecified atom stereocenters. The third kappa shape index (κ3) is 5.43. The molecule has 0 bridgehead atoms. The molecular weight excluding hydrogens is 434 g/mol. The van der Waals surface area contributed by atoms with Crippen molar-refractivity contribution in [2.75, 3.05) is 18.5 Å². The minimum Gasteiger partial charge on any atom is -0.395 e. The number of halogens is 1. The Balaban J connectivity index is 1.96. The van der Waals surface area contributed by atoms with Crippen molar-refractivity contribution in [2.24, 2.45) is 0 Å². The molecule has 0 aliphatic rings. The Hall–Kier alpha value is -3.43. The SMILES string of the molecule is CC(C)n1c(=O)nc(Nc2ccc(C(=O)NCCO)cc2)n(Cc2ccc(Cl)cc2)c1=O. The number of aliphatic hydroxyl groups is 1. The number of amides is 1. The number of hydrogen-bond donors (Lipinski definition) is 3. The van der Waals surface area contributed by atoms with Gasteiger partial charge in [-0.05, 0) is 55.8 Å². The number of aromatic nitrogens is 3. The van der Waals surface area contributed by atoms with Gasteiger partial charge >= 0.3 is 11.4 Å². The van der Waals surface area contributed by atoms with Crippen LogP contribution in [0.1, 0.15) is 35.8 Å². The highest BCUT2D eigenvalue weighted by atomic mass is 35.5. The maximum absolute atomic E-state index is 13.1. The van der Waals surface area contributed by atoms with Gasteiger partial charge in [0, 0.05) is 28.9 Å². The summed E-state index contributed by atoms with van der Waals surface area (Å²) in [6.07, 6.45) is 0. The molecule has 3 rings (SSSR count). The molecule has 0 saturated heterocycles. The van der Waals surface area contributed by atoms with E-state index in [0.29, 0.717) is 16.3 Å². The zero-order valence-corrected chi connectivity index (χ0v) is 18.5. The fourth-order valence-electron chi connectivity index (χ4n) is 3.06. The Morgan fingerprint density at radius 3 is 2.34 bits per heavy atom. The van der Waals surface area contributed by atoms with Gasteiger partial charge in [-0.2, -0.15) is 4.98 Å². The molecule has 32 heavy (non-hydrogen) atoms. The first kappa shape index (κ1) is 23.2. The summed E-state index contributed by atoms with van der Waals surface area (Å²) >= 11 is 5.96. The smallest absolute Gasteiger partial charge is 0.355 e. The Kier molecular flexibility index (Phi) is 7.45. The number of rotatable bonds is 8. The highest BCUT2D eigenvalue weighted by Gasteiger charge is 2.16. The first-order valence-electron chi connectivity index (χ1n) is 10.0. The molecule has 0 spiro atoms. The molecule has 1 aromatic heterocycles. The summed E-state index contributed by atoms with van der Waals surface area (Å²) in [5, 5.41) is 15.0. The van der Waals surface area contributed by atoms with Crippen LogP contribution in [0.3, 0.4) is 0 Å². The molecule has 3 N–H and O–H groups in total. The van der Waals surface area contributed by atoms with Crippen LogP contribution in [-0.4, -0.2) is 38.3 Å². The topological polar surface area (TPSA) is 118 Å². The van der Waals surface area contributed by atoms with Gasteiger partial charge in [-0.3, -0.25) is 9.36 Å². The fourth-order valence-corrected chi connectivity index (χ4v) is 3.19. The summed E-state index contributed by atoms with van der Waals surface area (Å²) in [7, 11) is 0. The second-order valence-electron chi connectivity index (χ2n) is 7.36. The molecule has 9 nitrogen and oxygen atoms in total. The summed E-state index contributed by atoms with van der Waals surface area (Å²) in [5.74, 6) is -0.229. The standard InChI is InChI=1S/C22H24ClN5O4/c1-14(2)28-21(31)26-20(27(22(28)32)13-15-3-7-17(23)8-4-15)25-18-9-5-16(6-10-18)19(30)24-11-12-29/h3-10,14,29H,11-13H2,1-2H3,(H,24,30)(H,25,26,31). The number of carbonyl (C=O) groups is 1. The molecule has 0 aliphatic carbocycles. The van der Waals surface area contributed by atoms with Gasteiger partial charge in [0.2, 0.25) is 5.95 Å². The molecule has 0 fully saturated rings. The van der Waals surface area contributed by atoms with Gasteiger partial charge in [0.1, 0.15) is 0 Å². The van der Waals surface area contributed by atoms with E-state index in [1.54, 1.807) is 62.4 Å². The third-order valence-corrected chi connectivity index (χ3v) is 4.92. The van der Waals surface area contributed by atoms with Gasteiger partial charge in [0.05, 0.1) is 13.2 Å². The number of aliphatic hydroxyl groups excluding tert-OH is 1. The minimum absolute atomic E-state index is 0.0873. The van der Waals surface area contributed by atoms with E-state index < -0.39 is 11.4 Å². The van der Waals surface area contributed by atoms with E-state index in [1.165, 1.54) is 4.57 Å². The summed E-state index contributed by atoms with van der Waals surface area (Å²) in [5.41, 5.74) is 0.622. The number of carbonyl (C=O) groups excluding carboxylic acids is 1. The lowest BCUT2D eigenvalue weighted by atomic mass is 10.2. The van der Waals surface area contributed by atoms with Gasteiger partial charge in [0.25, 0.3) is 5.91 Å². The van der Waals surface area contributed by atoms with Crippen LogP contribution < -0.4 is 22.0 Å². The van der Waals surface area contributed by atoms with Crippen LogP contribution in [-0.2, 0) is 6.54 Å². The molecule has 0 aliphatic heterocycles. The summed E-state index contributed by atoms with van der Waals surface area (Å²) in [4.78, 5) is 41.7. The van der Waals surface area contributed by atoms with E-state index in [4.69, 9.17) is 16.7 Å². The van der Waals surface area contributed by atoms with Gasteiger partial charge < -0.3 is 15.7 Å². The van der Waals surface area contributed by atoms with E-state index >= 15 is 0 Å². The quantitative estimate of drug-likeness (QED) is 0.477. The number of hydrogen-bond acceptors (Lipinski definition) is 6. The van der Waals surface area contributed by atoms with Gasteiger partial charge in [0.15, 0.2) is 0 Å². The minimum atomic E-state index is -0.653. The van der Waals surface area contributed by atoms with Crippen LogP contribution in [0.2, 0.25) is 5.02 Å². The van der Waals surface area contributed by atoms with E-state index in [0.717, 1.165) is 10.1 Å².